The molecule has 0 aliphatic carbocycles. The van der Waals surface area contributed by atoms with Gasteiger partial charge in [0.25, 0.3) is 0 Å². The third kappa shape index (κ3) is 5.10. The summed E-state index contributed by atoms with van der Waals surface area (Å²) in [4.78, 5) is 5.70. The Morgan fingerprint density at radius 1 is 1.33 bits per heavy atom. The van der Waals surface area contributed by atoms with E-state index in [4.69, 9.17) is 0 Å². The van der Waals surface area contributed by atoms with Crippen molar-refractivity contribution in [1.29, 1.82) is 0 Å². The number of rotatable bonds is 9. The van der Waals surface area contributed by atoms with E-state index in [-0.39, 0.29) is 0 Å². The highest BCUT2D eigenvalue weighted by Crippen LogP contribution is 2.11. The summed E-state index contributed by atoms with van der Waals surface area (Å²) in [6.07, 6.45) is 4.94. The third-order valence-corrected chi connectivity index (χ3v) is 5.17. The van der Waals surface area contributed by atoms with E-state index in [2.05, 4.69) is 19.9 Å². The summed E-state index contributed by atoms with van der Waals surface area (Å²) < 4.78 is 27.0. The molecule has 0 aromatic carbocycles. The lowest BCUT2D eigenvalue weighted by Gasteiger charge is -2.14. The van der Waals surface area contributed by atoms with Crippen LogP contribution in [0.2, 0.25) is 0 Å². The van der Waals surface area contributed by atoms with Gasteiger partial charge >= 0.3 is 0 Å². The summed E-state index contributed by atoms with van der Waals surface area (Å²) in [6.45, 7) is 7.30. The van der Waals surface area contributed by atoms with Crippen molar-refractivity contribution in [3.05, 3.63) is 18.0 Å². The number of aromatic nitrogens is 1. The lowest BCUT2D eigenvalue weighted by Crippen LogP contribution is -2.28. The highest BCUT2D eigenvalue weighted by atomic mass is 32.2. The molecule has 0 bridgehead atoms. The second-order valence-corrected chi connectivity index (χ2v) is 7.21. The van der Waals surface area contributed by atoms with Gasteiger partial charge in [0.15, 0.2) is 0 Å². The largest absolute Gasteiger partial charge is 0.363 e. The lowest BCUT2D eigenvalue weighted by atomic mass is 10.4. The average molecular weight is 314 g/mol. The van der Waals surface area contributed by atoms with Gasteiger partial charge in [-0.3, -0.25) is 0 Å². The van der Waals surface area contributed by atoms with Gasteiger partial charge in [-0.15, -0.1) is 0 Å². The highest BCUT2D eigenvalue weighted by Gasteiger charge is 2.16. The van der Waals surface area contributed by atoms with Crippen LogP contribution in [0.4, 0.5) is 0 Å². The molecule has 0 saturated carbocycles. The van der Waals surface area contributed by atoms with Crippen molar-refractivity contribution in [2.24, 2.45) is 0 Å². The van der Waals surface area contributed by atoms with E-state index in [0.29, 0.717) is 18.0 Å². The van der Waals surface area contributed by atoms with Gasteiger partial charge in [-0.25, -0.2) is 13.1 Å². The maximum atomic E-state index is 12.2. The molecular formula is C14H26N4O2S. The molecule has 1 saturated heterocycles. The molecule has 0 radical (unpaired) electrons. The van der Waals surface area contributed by atoms with Crippen molar-refractivity contribution in [3.63, 3.8) is 0 Å². The minimum Gasteiger partial charge on any atom is -0.363 e. The Kier molecular flexibility index (Phi) is 6.22. The van der Waals surface area contributed by atoms with Gasteiger partial charge in [0, 0.05) is 25.0 Å². The Labute approximate surface area is 127 Å². The summed E-state index contributed by atoms with van der Waals surface area (Å²) in [6, 6.07) is 1.69. The predicted molar refractivity (Wildman–Crippen MR) is 83.7 cm³/mol. The van der Waals surface area contributed by atoms with E-state index in [0.717, 1.165) is 38.3 Å². The van der Waals surface area contributed by atoms with E-state index in [1.165, 1.54) is 12.8 Å². The number of likely N-dealkylation sites (tertiary alicyclic amines) is 1. The quantitative estimate of drug-likeness (QED) is 0.592. The summed E-state index contributed by atoms with van der Waals surface area (Å²) >= 11 is 0. The van der Waals surface area contributed by atoms with Gasteiger partial charge in [-0.2, -0.15) is 0 Å². The van der Waals surface area contributed by atoms with Crippen molar-refractivity contribution < 1.29 is 8.42 Å². The second kappa shape index (κ2) is 7.93. The summed E-state index contributed by atoms with van der Waals surface area (Å²) in [5.74, 6) is 0. The zero-order valence-electron chi connectivity index (χ0n) is 12.7. The van der Waals surface area contributed by atoms with Gasteiger partial charge in [0.1, 0.15) is 0 Å². The van der Waals surface area contributed by atoms with E-state index in [1.54, 1.807) is 12.3 Å². The molecular weight excluding hydrogens is 288 g/mol. The fraction of sp³-hybridized carbons (Fsp3) is 0.714. The van der Waals surface area contributed by atoms with E-state index < -0.39 is 10.0 Å². The van der Waals surface area contributed by atoms with Crippen LogP contribution >= 0.6 is 0 Å². The zero-order valence-corrected chi connectivity index (χ0v) is 13.5. The summed E-state index contributed by atoms with van der Waals surface area (Å²) in [5.41, 5.74) is 0.884. The number of hydrogen-bond acceptors (Lipinski definition) is 4. The molecule has 0 unspecified atom stereocenters. The first kappa shape index (κ1) is 16.5. The Balaban J connectivity index is 1.76. The minimum atomic E-state index is -3.39. The van der Waals surface area contributed by atoms with E-state index in [1.807, 2.05) is 6.92 Å². The van der Waals surface area contributed by atoms with Crippen LogP contribution in [0.25, 0.3) is 0 Å². The van der Waals surface area contributed by atoms with Crippen LogP contribution in [0.1, 0.15) is 31.9 Å². The average Bonchev–Trinajstić information content (AvgIpc) is 3.13. The molecule has 7 heteroatoms. The van der Waals surface area contributed by atoms with Crippen molar-refractivity contribution in [2.75, 3.05) is 32.7 Å². The lowest BCUT2D eigenvalue weighted by molar-refractivity contribution is 0.334. The molecule has 1 fully saturated rings. The van der Waals surface area contributed by atoms with Gasteiger partial charge in [-0.1, -0.05) is 6.92 Å². The minimum absolute atomic E-state index is 0.316. The third-order valence-electron chi connectivity index (χ3n) is 3.73. The van der Waals surface area contributed by atoms with Crippen molar-refractivity contribution in [2.45, 2.75) is 37.6 Å². The fourth-order valence-electron chi connectivity index (χ4n) is 2.53. The van der Waals surface area contributed by atoms with Crippen LogP contribution in [-0.2, 0) is 16.6 Å². The molecule has 0 amide bonds. The zero-order chi connectivity index (χ0) is 15.1. The molecule has 120 valence electrons. The number of hydrogen-bond donors (Lipinski definition) is 3. The molecule has 2 rings (SSSR count). The maximum absolute atomic E-state index is 12.2. The molecule has 3 N–H and O–H groups in total. The number of nitrogens with one attached hydrogen (secondary N) is 3. The normalized spacial score (nSPS) is 16.6. The fourth-order valence-corrected chi connectivity index (χ4v) is 3.63. The molecule has 1 aliphatic heterocycles. The van der Waals surface area contributed by atoms with Crippen molar-refractivity contribution in [3.8, 4) is 0 Å². The van der Waals surface area contributed by atoms with Gasteiger partial charge in [0.2, 0.25) is 10.0 Å². The Hall–Kier alpha value is -0.890. The summed E-state index contributed by atoms with van der Waals surface area (Å²) in [5, 5.41) is 3.16. The second-order valence-electron chi connectivity index (χ2n) is 5.44. The topological polar surface area (TPSA) is 77.2 Å². The Morgan fingerprint density at radius 2 is 2.10 bits per heavy atom. The number of sulfonamides is 1. The van der Waals surface area contributed by atoms with E-state index in [9.17, 15) is 8.42 Å². The van der Waals surface area contributed by atoms with Crippen LogP contribution in [-0.4, -0.2) is 51.0 Å². The molecule has 1 aromatic rings. The first-order chi connectivity index (χ1) is 10.1. The highest BCUT2D eigenvalue weighted by molar-refractivity contribution is 7.89. The molecule has 1 aliphatic rings. The molecule has 6 nitrogen and oxygen atoms in total. The standard InChI is InChI=1S/C14H26N4O2S/c1-2-15-11-13-10-14(12-16-13)21(19,20)17-6-5-9-18-7-3-4-8-18/h10,12,15-17H,2-9,11H2,1H3. The van der Waals surface area contributed by atoms with Crippen LogP contribution < -0.4 is 10.0 Å². The number of nitrogens with zero attached hydrogens (tertiary/aromatic N) is 1. The summed E-state index contributed by atoms with van der Waals surface area (Å²) in [7, 11) is -3.39. The molecule has 0 atom stereocenters. The molecule has 1 aromatic heterocycles. The predicted octanol–water partition coefficient (Wildman–Crippen LogP) is 0.888. The van der Waals surface area contributed by atoms with Gasteiger partial charge < -0.3 is 15.2 Å². The Morgan fingerprint density at radius 3 is 2.81 bits per heavy atom. The molecule has 0 spiro atoms. The van der Waals surface area contributed by atoms with Crippen molar-refractivity contribution >= 4 is 10.0 Å². The monoisotopic (exact) mass is 314 g/mol. The van der Waals surface area contributed by atoms with Crippen LogP contribution in [0.15, 0.2) is 17.2 Å². The Bertz CT molecular complexity index is 521. The first-order valence-corrected chi connectivity index (χ1v) is 9.20. The molecule has 21 heavy (non-hydrogen) atoms. The maximum Gasteiger partial charge on any atom is 0.242 e. The molecule has 2 heterocycles. The number of H-pyrrole nitrogens is 1. The van der Waals surface area contributed by atoms with Crippen LogP contribution in [0.5, 0.6) is 0 Å². The first-order valence-electron chi connectivity index (χ1n) is 7.72. The van der Waals surface area contributed by atoms with Gasteiger partial charge in [-0.05, 0) is 51.5 Å². The van der Waals surface area contributed by atoms with Crippen LogP contribution in [0.3, 0.4) is 0 Å². The van der Waals surface area contributed by atoms with Crippen molar-refractivity contribution in [1.82, 2.24) is 19.9 Å². The van der Waals surface area contributed by atoms with E-state index >= 15 is 0 Å². The smallest absolute Gasteiger partial charge is 0.242 e. The number of aromatic amines is 1. The SMILES string of the molecule is CCNCc1cc(S(=O)(=O)NCCCN2CCCC2)c[nH]1. The van der Waals surface area contributed by atoms with Crippen LogP contribution in [0, 0.1) is 0 Å². The van der Waals surface area contributed by atoms with Gasteiger partial charge in [0.05, 0.1) is 4.90 Å².